The Morgan fingerprint density at radius 1 is 1.18 bits per heavy atom. The highest BCUT2D eigenvalue weighted by molar-refractivity contribution is 8.00. The van der Waals surface area contributed by atoms with E-state index in [0.717, 1.165) is 30.6 Å². The molecule has 3 heterocycles. The fourth-order valence-corrected chi connectivity index (χ4v) is 6.09. The minimum atomic E-state index is -3.57. The molecule has 0 aliphatic carbocycles. The predicted octanol–water partition coefficient (Wildman–Crippen LogP) is 3.68. The van der Waals surface area contributed by atoms with Crippen LogP contribution in [0, 0.1) is 6.92 Å². The molecular formula is C22H27N5O4S2. The molecule has 1 fully saturated rings. The number of benzene rings is 1. The first kappa shape index (κ1) is 23.5. The van der Waals surface area contributed by atoms with Crippen LogP contribution in [0.5, 0.6) is 0 Å². The molecule has 1 aliphatic heterocycles. The molecule has 1 N–H and O–H groups in total. The Kier molecular flexibility index (Phi) is 6.91. The number of thioether (sulfide) groups is 1. The number of sulfonamides is 1. The van der Waals surface area contributed by atoms with E-state index < -0.39 is 15.3 Å². The second-order valence-electron chi connectivity index (χ2n) is 8.00. The lowest BCUT2D eigenvalue weighted by atomic mass is 10.2. The van der Waals surface area contributed by atoms with E-state index in [1.807, 2.05) is 24.6 Å². The molecule has 11 heteroatoms. The van der Waals surface area contributed by atoms with Gasteiger partial charge in [-0.3, -0.25) is 4.79 Å². The molecule has 1 aromatic carbocycles. The van der Waals surface area contributed by atoms with Crippen molar-refractivity contribution in [1.82, 2.24) is 19.1 Å². The van der Waals surface area contributed by atoms with Crippen LogP contribution in [0.4, 0.5) is 5.69 Å². The number of nitrogens with zero attached hydrogens (tertiary/aromatic N) is 4. The molecule has 33 heavy (non-hydrogen) atoms. The average Bonchev–Trinajstić information content (AvgIpc) is 3.39. The first-order valence-corrected chi connectivity index (χ1v) is 13.1. The maximum absolute atomic E-state index is 12.9. The van der Waals surface area contributed by atoms with Crippen LogP contribution < -0.4 is 5.32 Å². The van der Waals surface area contributed by atoms with E-state index in [2.05, 4.69) is 15.5 Å². The molecular weight excluding hydrogens is 462 g/mol. The quantitative estimate of drug-likeness (QED) is 0.504. The third-order valence-electron chi connectivity index (χ3n) is 5.64. The van der Waals surface area contributed by atoms with Gasteiger partial charge in [-0.1, -0.05) is 24.2 Å². The Hall–Kier alpha value is -2.63. The van der Waals surface area contributed by atoms with Crippen LogP contribution in [-0.2, 0) is 21.9 Å². The zero-order valence-electron chi connectivity index (χ0n) is 18.8. The number of carbonyl (C=O) groups excluding carboxylic acids is 1. The molecule has 1 saturated heterocycles. The number of furan rings is 1. The zero-order valence-corrected chi connectivity index (χ0v) is 20.4. The Balaban J connectivity index is 1.44. The second kappa shape index (κ2) is 9.70. The van der Waals surface area contributed by atoms with Crippen molar-refractivity contribution in [1.29, 1.82) is 0 Å². The highest BCUT2D eigenvalue weighted by Crippen LogP contribution is 2.29. The molecule has 3 aromatic rings. The van der Waals surface area contributed by atoms with Gasteiger partial charge in [-0.25, -0.2) is 8.42 Å². The van der Waals surface area contributed by atoms with Gasteiger partial charge in [0.2, 0.25) is 15.9 Å². The van der Waals surface area contributed by atoms with Crippen LogP contribution in [0.3, 0.4) is 0 Å². The van der Waals surface area contributed by atoms with Crippen molar-refractivity contribution < 1.29 is 17.6 Å². The van der Waals surface area contributed by atoms with Crippen molar-refractivity contribution >= 4 is 33.4 Å². The number of amides is 1. The van der Waals surface area contributed by atoms with Gasteiger partial charge < -0.3 is 14.3 Å². The number of anilines is 1. The molecule has 1 atom stereocenters. The number of aromatic nitrogens is 3. The minimum Gasteiger partial charge on any atom is -0.469 e. The topological polar surface area (TPSA) is 110 Å². The molecule has 0 saturated carbocycles. The van der Waals surface area contributed by atoms with Crippen molar-refractivity contribution in [3.63, 3.8) is 0 Å². The maximum Gasteiger partial charge on any atom is 0.243 e. The SMILES string of the molecule is Cc1occc1-c1nnc(SC(C)C(=O)Nc2cccc(S(=O)(=O)N3CCCCC3)c2)n1C. The Morgan fingerprint density at radius 3 is 2.64 bits per heavy atom. The average molecular weight is 490 g/mol. The molecule has 0 bridgehead atoms. The van der Waals surface area contributed by atoms with E-state index in [0.29, 0.717) is 29.8 Å². The molecule has 0 spiro atoms. The van der Waals surface area contributed by atoms with E-state index >= 15 is 0 Å². The number of rotatable bonds is 7. The van der Waals surface area contributed by atoms with Crippen LogP contribution in [0.1, 0.15) is 31.9 Å². The summed E-state index contributed by atoms with van der Waals surface area (Å²) >= 11 is 1.27. The molecule has 4 rings (SSSR count). The molecule has 0 radical (unpaired) electrons. The van der Waals surface area contributed by atoms with Crippen molar-refractivity contribution in [2.75, 3.05) is 18.4 Å². The van der Waals surface area contributed by atoms with Gasteiger partial charge in [0.1, 0.15) is 5.76 Å². The van der Waals surface area contributed by atoms with E-state index in [1.54, 1.807) is 31.4 Å². The van der Waals surface area contributed by atoms with Crippen LogP contribution in [-0.4, -0.2) is 51.7 Å². The predicted molar refractivity (Wildman–Crippen MR) is 126 cm³/mol. The number of hydrogen-bond acceptors (Lipinski definition) is 7. The smallest absolute Gasteiger partial charge is 0.243 e. The third-order valence-corrected chi connectivity index (χ3v) is 8.67. The van der Waals surface area contributed by atoms with E-state index in [4.69, 9.17) is 4.42 Å². The Morgan fingerprint density at radius 2 is 1.94 bits per heavy atom. The molecule has 1 unspecified atom stereocenters. The highest BCUT2D eigenvalue weighted by atomic mass is 32.2. The van der Waals surface area contributed by atoms with Crippen LogP contribution in [0.25, 0.3) is 11.4 Å². The van der Waals surface area contributed by atoms with Gasteiger partial charge in [-0.05, 0) is 51.0 Å². The lowest BCUT2D eigenvalue weighted by Gasteiger charge is -2.26. The summed E-state index contributed by atoms with van der Waals surface area (Å²) in [5, 5.41) is 11.4. The summed E-state index contributed by atoms with van der Waals surface area (Å²) in [6.07, 6.45) is 4.39. The molecule has 176 valence electrons. The lowest BCUT2D eigenvalue weighted by molar-refractivity contribution is -0.115. The number of carbonyl (C=O) groups is 1. The molecule has 1 amide bonds. The largest absolute Gasteiger partial charge is 0.469 e. The fraction of sp³-hybridized carbons (Fsp3) is 0.409. The first-order valence-electron chi connectivity index (χ1n) is 10.8. The number of piperidine rings is 1. The first-order chi connectivity index (χ1) is 15.8. The highest BCUT2D eigenvalue weighted by Gasteiger charge is 2.26. The molecule has 2 aromatic heterocycles. The van der Waals surface area contributed by atoms with E-state index in [1.165, 1.54) is 22.1 Å². The van der Waals surface area contributed by atoms with Crippen molar-refractivity contribution in [2.24, 2.45) is 7.05 Å². The second-order valence-corrected chi connectivity index (χ2v) is 11.2. The van der Waals surface area contributed by atoms with E-state index in [-0.39, 0.29) is 10.8 Å². The van der Waals surface area contributed by atoms with Gasteiger partial charge in [0.15, 0.2) is 11.0 Å². The van der Waals surface area contributed by atoms with Crippen molar-refractivity contribution in [3.05, 3.63) is 42.4 Å². The Bertz CT molecular complexity index is 1250. The molecule has 9 nitrogen and oxygen atoms in total. The van der Waals surface area contributed by atoms with E-state index in [9.17, 15) is 13.2 Å². The summed E-state index contributed by atoms with van der Waals surface area (Å²) in [4.78, 5) is 13.0. The van der Waals surface area contributed by atoms with Gasteiger partial charge in [0.05, 0.1) is 22.0 Å². The standard InChI is InChI=1S/C22H27N5O4S2/c1-15-19(10-13-31-15)20-24-25-22(26(20)3)32-16(2)21(28)23-17-8-7-9-18(14-17)33(29,30)27-11-5-4-6-12-27/h7-10,13-14,16H,4-6,11-12H2,1-3H3,(H,23,28). The number of hydrogen-bond donors (Lipinski definition) is 1. The molecule has 1 aliphatic rings. The van der Waals surface area contributed by atoms with Crippen LogP contribution in [0.2, 0.25) is 0 Å². The summed E-state index contributed by atoms with van der Waals surface area (Å²) in [6, 6.07) is 8.24. The summed E-state index contributed by atoms with van der Waals surface area (Å²) in [7, 11) is -1.73. The van der Waals surface area contributed by atoms with Gasteiger partial charge in [-0.2, -0.15) is 4.31 Å². The Labute approximate surface area is 197 Å². The normalized spacial score (nSPS) is 16.0. The van der Waals surface area contributed by atoms with Gasteiger partial charge in [0.25, 0.3) is 0 Å². The zero-order chi connectivity index (χ0) is 23.6. The lowest BCUT2D eigenvalue weighted by Crippen LogP contribution is -2.35. The summed E-state index contributed by atoms with van der Waals surface area (Å²) in [5.74, 6) is 1.15. The summed E-state index contributed by atoms with van der Waals surface area (Å²) in [6.45, 7) is 4.69. The third kappa shape index (κ3) is 4.99. The van der Waals surface area contributed by atoms with Crippen molar-refractivity contribution in [2.45, 2.75) is 48.4 Å². The monoisotopic (exact) mass is 489 g/mol. The van der Waals surface area contributed by atoms with Gasteiger partial charge in [0, 0.05) is 25.8 Å². The number of aryl methyl sites for hydroxylation is 1. The minimum absolute atomic E-state index is 0.191. The fourth-order valence-electron chi connectivity index (χ4n) is 3.71. The van der Waals surface area contributed by atoms with Crippen LogP contribution >= 0.6 is 11.8 Å². The van der Waals surface area contributed by atoms with Crippen LogP contribution in [0.15, 0.2) is 51.1 Å². The summed E-state index contributed by atoms with van der Waals surface area (Å²) < 4.78 is 34.6. The van der Waals surface area contributed by atoms with Crippen molar-refractivity contribution in [3.8, 4) is 11.4 Å². The van der Waals surface area contributed by atoms with Gasteiger partial charge in [-0.15, -0.1) is 10.2 Å². The maximum atomic E-state index is 12.9. The summed E-state index contributed by atoms with van der Waals surface area (Å²) in [5.41, 5.74) is 1.29. The van der Waals surface area contributed by atoms with Gasteiger partial charge >= 0.3 is 0 Å². The number of nitrogens with one attached hydrogen (secondary N) is 1.